The fourth-order valence-electron chi connectivity index (χ4n) is 2.42. The topological polar surface area (TPSA) is 67.4 Å². The van der Waals surface area contributed by atoms with Gasteiger partial charge in [0, 0.05) is 16.3 Å². The van der Waals surface area contributed by atoms with Gasteiger partial charge in [0.2, 0.25) is 0 Å². The number of rotatable bonds is 6. The Balaban J connectivity index is 2.54. The Labute approximate surface area is 164 Å². The second-order valence-corrected chi connectivity index (χ2v) is 6.31. The number of aryl methyl sites for hydroxylation is 1. The standard InChI is InChI=1S/C19H18ClF3N2O3/c1-3-28-17(27)18(19(21,22)23,24-15-10-5-4-7-12(15)2)25-16(26)13-8-6-9-14(20)11-13/h4-11,24H,3H2,1-2H3,(H,25,26)/t18-/m0/s1. The van der Waals surface area contributed by atoms with Gasteiger partial charge in [-0.2, -0.15) is 13.2 Å². The monoisotopic (exact) mass is 414 g/mol. The molecule has 0 spiro atoms. The number of anilines is 1. The van der Waals surface area contributed by atoms with Crippen LogP contribution in [0.2, 0.25) is 5.02 Å². The van der Waals surface area contributed by atoms with Gasteiger partial charge in [-0.3, -0.25) is 4.79 Å². The third kappa shape index (κ3) is 4.56. The molecule has 0 aromatic heterocycles. The van der Waals surface area contributed by atoms with E-state index >= 15 is 0 Å². The van der Waals surface area contributed by atoms with Crippen LogP contribution in [0.5, 0.6) is 0 Å². The molecular formula is C19H18ClF3N2O3. The maximum atomic E-state index is 14.1. The van der Waals surface area contributed by atoms with E-state index in [4.69, 9.17) is 11.6 Å². The molecule has 0 bridgehead atoms. The molecule has 28 heavy (non-hydrogen) atoms. The summed E-state index contributed by atoms with van der Waals surface area (Å²) in [4.78, 5) is 24.9. The Morgan fingerprint density at radius 2 is 1.79 bits per heavy atom. The van der Waals surface area contributed by atoms with Crippen molar-refractivity contribution in [3.8, 4) is 0 Å². The lowest BCUT2D eigenvalue weighted by Crippen LogP contribution is -2.69. The first kappa shape index (κ1) is 21.6. The van der Waals surface area contributed by atoms with Gasteiger partial charge < -0.3 is 15.4 Å². The molecule has 1 atom stereocenters. The van der Waals surface area contributed by atoms with E-state index in [9.17, 15) is 22.8 Å². The first-order valence-corrected chi connectivity index (χ1v) is 8.64. The Bertz CT molecular complexity index is 873. The lowest BCUT2D eigenvalue weighted by Gasteiger charge is -2.35. The van der Waals surface area contributed by atoms with Crippen molar-refractivity contribution in [1.29, 1.82) is 0 Å². The minimum Gasteiger partial charge on any atom is -0.463 e. The molecule has 0 saturated carbocycles. The van der Waals surface area contributed by atoms with Gasteiger partial charge in [-0.1, -0.05) is 35.9 Å². The minimum absolute atomic E-state index is 0.0132. The number of nitrogens with one attached hydrogen (secondary N) is 2. The van der Waals surface area contributed by atoms with Crippen molar-refractivity contribution in [2.45, 2.75) is 25.7 Å². The van der Waals surface area contributed by atoms with E-state index in [1.54, 1.807) is 24.4 Å². The van der Waals surface area contributed by atoms with Crippen molar-refractivity contribution in [3.63, 3.8) is 0 Å². The fourth-order valence-corrected chi connectivity index (χ4v) is 2.61. The summed E-state index contributed by atoms with van der Waals surface area (Å²) in [5, 5.41) is 4.06. The predicted molar refractivity (Wildman–Crippen MR) is 99.1 cm³/mol. The molecule has 2 N–H and O–H groups in total. The van der Waals surface area contributed by atoms with Crippen LogP contribution in [0.25, 0.3) is 0 Å². The molecule has 0 radical (unpaired) electrons. The van der Waals surface area contributed by atoms with Crippen LogP contribution >= 0.6 is 11.6 Å². The highest BCUT2D eigenvalue weighted by Crippen LogP contribution is 2.34. The number of halogens is 4. The van der Waals surface area contributed by atoms with Crippen LogP contribution in [0.1, 0.15) is 22.8 Å². The molecule has 5 nitrogen and oxygen atoms in total. The number of ether oxygens (including phenoxy) is 1. The summed E-state index contributed by atoms with van der Waals surface area (Å²) in [6, 6.07) is 11.4. The highest BCUT2D eigenvalue weighted by Gasteiger charge is 2.63. The average Bonchev–Trinajstić information content (AvgIpc) is 2.62. The van der Waals surface area contributed by atoms with E-state index in [-0.39, 0.29) is 22.9 Å². The van der Waals surface area contributed by atoms with E-state index in [1.807, 2.05) is 0 Å². The molecule has 0 aliphatic heterocycles. The lowest BCUT2D eigenvalue weighted by molar-refractivity contribution is -0.204. The molecule has 0 unspecified atom stereocenters. The van der Waals surface area contributed by atoms with E-state index < -0.39 is 23.7 Å². The highest BCUT2D eigenvalue weighted by molar-refractivity contribution is 6.31. The third-order valence-electron chi connectivity index (χ3n) is 3.86. The highest BCUT2D eigenvalue weighted by atomic mass is 35.5. The summed E-state index contributed by atoms with van der Waals surface area (Å²) in [5.41, 5.74) is -3.18. The summed E-state index contributed by atoms with van der Waals surface area (Å²) < 4.78 is 47.0. The summed E-state index contributed by atoms with van der Waals surface area (Å²) in [6.45, 7) is 2.62. The summed E-state index contributed by atoms with van der Waals surface area (Å²) in [6.07, 6.45) is -5.21. The zero-order chi connectivity index (χ0) is 20.9. The number of carbonyl (C=O) groups excluding carboxylic acids is 2. The molecule has 2 aromatic carbocycles. The summed E-state index contributed by atoms with van der Waals surface area (Å²) in [5.74, 6) is -2.82. The van der Waals surface area contributed by atoms with Crippen LogP contribution in [0.3, 0.4) is 0 Å². The van der Waals surface area contributed by atoms with Gasteiger partial charge in [-0.15, -0.1) is 0 Å². The van der Waals surface area contributed by atoms with E-state index in [0.717, 1.165) is 0 Å². The smallest absolute Gasteiger partial charge is 0.441 e. The summed E-state index contributed by atoms with van der Waals surface area (Å²) in [7, 11) is 0. The molecule has 0 heterocycles. The van der Waals surface area contributed by atoms with Crippen molar-refractivity contribution >= 4 is 29.2 Å². The molecule has 0 saturated heterocycles. The second-order valence-electron chi connectivity index (χ2n) is 5.87. The maximum Gasteiger partial charge on any atom is 0.441 e. The van der Waals surface area contributed by atoms with Gasteiger partial charge in [0.25, 0.3) is 5.91 Å². The van der Waals surface area contributed by atoms with Gasteiger partial charge in [0.15, 0.2) is 0 Å². The Hall–Kier alpha value is -2.74. The maximum absolute atomic E-state index is 14.1. The number of hydrogen-bond acceptors (Lipinski definition) is 4. The lowest BCUT2D eigenvalue weighted by atomic mass is 10.1. The van der Waals surface area contributed by atoms with Crippen LogP contribution in [-0.2, 0) is 9.53 Å². The van der Waals surface area contributed by atoms with E-state index in [0.29, 0.717) is 5.56 Å². The van der Waals surface area contributed by atoms with Gasteiger partial charge in [0.1, 0.15) is 0 Å². The second kappa shape index (κ2) is 8.52. The van der Waals surface area contributed by atoms with Gasteiger partial charge in [0.05, 0.1) is 6.61 Å². The SMILES string of the molecule is CCOC(=O)[C@@](NC(=O)c1cccc(Cl)c1)(Nc1ccccc1C)C(F)(F)F. The molecule has 150 valence electrons. The number of alkyl halides is 3. The number of amides is 1. The molecule has 9 heteroatoms. The molecule has 2 aromatic rings. The van der Waals surface area contributed by atoms with Gasteiger partial charge in [-0.05, 0) is 43.7 Å². The number of para-hydroxylation sites is 1. The van der Waals surface area contributed by atoms with Crippen molar-refractivity contribution in [2.75, 3.05) is 11.9 Å². The predicted octanol–water partition coefficient (Wildman–Crippen LogP) is 4.31. The molecule has 0 aliphatic rings. The van der Waals surface area contributed by atoms with Crippen LogP contribution in [0, 0.1) is 6.92 Å². The average molecular weight is 415 g/mol. The van der Waals surface area contributed by atoms with Crippen molar-refractivity contribution in [1.82, 2.24) is 5.32 Å². The zero-order valence-corrected chi connectivity index (χ0v) is 15.8. The first-order valence-electron chi connectivity index (χ1n) is 8.26. The number of carbonyl (C=O) groups is 2. The van der Waals surface area contributed by atoms with E-state index in [2.05, 4.69) is 10.1 Å². The van der Waals surface area contributed by atoms with Crippen LogP contribution in [0.15, 0.2) is 48.5 Å². The Kier molecular flexibility index (Phi) is 6.56. The molecule has 1 amide bonds. The fraction of sp³-hybridized carbons (Fsp3) is 0.263. The number of benzene rings is 2. The van der Waals surface area contributed by atoms with Crippen LogP contribution in [0.4, 0.5) is 18.9 Å². The number of hydrogen-bond donors (Lipinski definition) is 2. The van der Waals surface area contributed by atoms with Gasteiger partial charge >= 0.3 is 17.8 Å². The summed E-state index contributed by atoms with van der Waals surface area (Å²) >= 11 is 5.80. The minimum atomic E-state index is -5.21. The van der Waals surface area contributed by atoms with Crippen molar-refractivity contribution in [2.24, 2.45) is 0 Å². The zero-order valence-electron chi connectivity index (χ0n) is 15.1. The molecule has 2 rings (SSSR count). The van der Waals surface area contributed by atoms with Crippen molar-refractivity contribution < 1.29 is 27.5 Å². The largest absolute Gasteiger partial charge is 0.463 e. The van der Waals surface area contributed by atoms with E-state index in [1.165, 1.54) is 43.3 Å². The number of esters is 1. The third-order valence-corrected chi connectivity index (χ3v) is 4.10. The molecule has 0 aliphatic carbocycles. The Morgan fingerprint density at radius 1 is 1.11 bits per heavy atom. The van der Waals surface area contributed by atoms with Crippen LogP contribution in [-0.4, -0.2) is 30.3 Å². The van der Waals surface area contributed by atoms with Crippen LogP contribution < -0.4 is 10.6 Å². The first-order chi connectivity index (χ1) is 13.1. The van der Waals surface area contributed by atoms with Gasteiger partial charge in [-0.25, -0.2) is 4.79 Å². The quantitative estimate of drug-likeness (QED) is 0.546. The molecular weight excluding hydrogens is 397 g/mol. The Morgan fingerprint density at radius 3 is 2.36 bits per heavy atom. The normalized spacial score (nSPS) is 13.4. The molecule has 0 fully saturated rings. The van der Waals surface area contributed by atoms with Crippen molar-refractivity contribution in [3.05, 3.63) is 64.7 Å².